The van der Waals surface area contributed by atoms with E-state index in [0.29, 0.717) is 12.0 Å². The first-order valence-electron chi connectivity index (χ1n) is 7.53. The van der Waals surface area contributed by atoms with Gasteiger partial charge in [-0.15, -0.1) is 0 Å². The lowest BCUT2D eigenvalue weighted by molar-refractivity contribution is -0.118. The third-order valence-electron chi connectivity index (χ3n) is 3.93. The zero-order valence-electron chi connectivity index (χ0n) is 13.8. The van der Waals surface area contributed by atoms with Crippen LogP contribution in [0.15, 0.2) is 36.4 Å². The molecular formula is C19H20FNO2. The van der Waals surface area contributed by atoms with Gasteiger partial charge in [-0.1, -0.05) is 19.1 Å². The summed E-state index contributed by atoms with van der Waals surface area (Å²) in [4.78, 5) is 24.7. The highest BCUT2D eigenvalue weighted by molar-refractivity contribution is 5.95. The van der Waals surface area contributed by atoms with Gasteiger partial charge >= 0.3 is 0 Å². The normalized spacial score (nSPS) is 10.5. The van der Waals surface area contributed by atoms with Crippen molar-refractivity contribution in [2.45, 2.75) is 27.2 Å². The number of rotatable bonds is 4. The van der Waals surface area contributed by atoms with Gasteiger partial charge in [-0.25, -0.2) is 4.39 Å². The molecule has 0 aliphatic carbocycles. The smallest absolute Gasteiger partial charge is 0.226 e. The van der Waals surface area contributed by atoms with Gasteiger partial charge < -0.3 is 4.90 Å². The number of amides is 1. The summed E-state index contributed by atoms with van der Waals surface area (Å²) in [5.74, 6) is -0.772. The second kappa shape index (κ2) is 6.73. The first-order chi connectivity index (χ1) is 10.8. The number of aryl methyl sites for hydroxylation is 1. The van der Waals surface area contributed by atoms with Gasteiger partial charge in [0.25, 0.3) is 0 Å². The van der Waals surface area contributed by atoms with Crippen LogP contribution in [-0.2, 0) is 4.79 Å². The van der Waals surface area contributed by atoms with E-state index in [-0.39, 0.29) is 17.3 Å². The summed E-state index contributed by atoms with van der Waals surface area (Å²) in [7, 11) is 1.74. The second-order valence-corrected chi connectivity index (χ2v) is 5.56. The molecule has 120 valence electrons. The quantitative estimate of drug-likeness (QED) is 0.786. The summed E-state index contributed by atoms with van der Waals surface area (Å²) in [6, 6.07) is 10.2. The molecule has 0 saturated heterocycles. The molecule has 0 atom stereocenters. The van der Waals surface area contributed by atoms with Crippen LogP contribution in [0.5, 0.6) is 0 Å². The summed E-state index contributed by atoms with van der Waals surface area (Å²) in [5.41, 5.74) is 3.42. The van der Waals surface area contributed by atoms with Crippen molar-refractivity contribution in [1.82, 2.24) is 0 Å². The molecule has 2 aromatic rings. The average molecular weight is 313 g/mol. The third-order valence-corrected chi connectivity index (χ3v) is 3.93. The van der Waals surface area contributed by atoms with Crippen LogP contribution >= 0.6 is 0 Å². The second-order valence-electron chi connectivity index (χ2n) is 5.56. The topological polar surface area (TPSA) is 37.4 Å². The fourth-order valence-electron chi connectivity index (χ4n) is 2.53. The van der Waals surface area contributed by atoms with Gasteiger partial charge in [0.1, 0.15) is 5.82 Å². The van der Waals surface area contributed by atoms with Crippen LogP contribution in [0, 0.1) is 12.7 Å². The predicted molar refractivity (Wildman–Crippen MR) is 90.3 cm³/mol. The zero-order chi connectivity index (χ0) is 17.1. The fraction of sp³-hybridized carbons (Fsp3) is 0.263. The van der Waals surface area contributed by atoms with Gasteiger partial charge in [0, 0.05) is 19.2 Å². The Hall–Kier alpha value is -2.49. The van der Waals surface area contributed by atoms with Crippen LogP contribution < -0.4 is 4.90 Å². The number of Topliss-reactive ketones (excluding diaryl/α,β-unsaturated/α-hetero) is 1. The Bertz CT molecular complexity index is 768. The standard InChI is InChI=1S/C19H20FNO2/c1-5-19(23)21(4)15-7-9-16(12(2)10-15)14-6-8-17(13(3)22)18(20)11-14/h6-11H,5H2,1-4H3. The predicted octanol–water partition coefficient (Wildman–Crippen LogP) is 4.38. The molecular weight excluding hydrogens is 293 g/mol. The number of ketones is 1. The summed E-state index contributed by atoms with van der Waals surface area (Å²) < 4.78 is 14.0. The SMILES string of the molecule is CCC(=O)N(C)c1ccc(-c2ccc(C(C)=O)c(F)c2)c(C)c1. The Kier molecular flexibility index (Phi) is 4.94. The molecule has 0 fully saturated rings. The number of halogens is 1. The first kappa shape index (κ1) is 16.9. The summed E-state index contributed by atoms with van der Waals surface area (Å²) in [5, 5.41) is 0. The minimum Gasteiger partial charge on any atom is -0.316 e. The zero-order valence-corrected chi connectivity index (χ0v) is 13.8. The van der Waals surface area contributed by atoms with Crippen molar-refractivity contribution in [2.75, 3.05) is 11.9 Å². The molecule has 0 saturated carbocycles. The number of benzene rings is 2. The number of hydrogen-bond donors (Lipinski definition) is 0. The largest absolute Gasteiger partial charge is 0.316 e. The van der Waals surface area contributed by atoms with Crippen LogP contribution in [-0.4, -0.2) is 18.7 Å². The fourth-order valence-corrected chi connectivity index (χ4v) is 2.53. The van der Waals surface area contributed by atoms with Crippen LogP contribution in [0.1, 0.15) is 36.2 Å². The summed E-state index contributed by atoms with van der Waals surface area (Å²) >= 11 is 0. The van der Waals surface area contributed by atoms with Gasteiger partial charge in [0.05, 0.1) is 5.56 Å². The molecule has 0 aromatic heterocycles. The van der Waals surface area contributed by atoms with Crippen molar-refractivity contribution in [1.29, 1.82) is 0 Å². The average Bonchev–Trinajstić information content (AvgIpc) is 2.52. The van der Waals surface area contributed by atoms with Gasteiger partial charge in [-0.3, -0.25) is 9.59 Å². The Morgan fingerprint density at radius 2 is 1.83 bits per heavy atom. The van der Waals surface area contributed by atoms with E-state index in [0.717, 1.165) is 16.8 Å². The number of hydrogen-bond acceptors (Lipinski definition) is 2. The maximum atomic E-state index is 14.0. The minimum absolute atomic E-state index is 0.0361. The van der Waals surface area contributed by atoms with E-state index in [1.165, 1.54) is 19.1 Å². The molecule has 0 aliphatic rings. The van der Waals surface area contributed by atoms with Gasteiger partial charge in [-0.2, -0.15) is 0 Å². The highest BCUT2D eigenvalue weighted by atomic mass is 19.1. The minimum atomic E-state index is -0.517. The summed E-state index contributed by atoms with van der Waals surface area (Å²) in [6.45, 7) is 5.08. The van der Waals surface area contributed by atoms with Crippen molar-refractivity contribution in [3.63, 3.8) is 0 Å². The molecule has 0 spiro atoms. The number of carbonyl (C=O) groups excluding carboxylic acids is 2. The molecule has 4 heteroatoms. The maximum absolute atomic E-state index is 14.0. The lowest BCUT2D eigenvalue weighted by atomic mass is 9.97. The number of nitrogens with zero attached hydrogens (tertiary/aromatic N) is 1. The molecule has 0 bridgehead atoms. The van der Waals surface area contributed by atoms with E-state index in [1.807, 2.05) is 32.0 Å². The van der Waals surface area contributed by atoms with E-state index >= 15 is 0 Å². The van der Waals surface area contributed by atoms with Crippen LogP contribution in [0.2, 0.25) is 0 Å². The molecule has 0 N–H and O–H groups in total. The van der Waals surface area contributed by atoms with Crippen molar-refractivity contribution in [3.05, 3.63) is 53.3 Å². The first-order valence-corrected chi connectivity index (χ1v) is 7.53. The molecule has 0 heterocycles. The van der Waals surface area contributed by atoms with Crippen molar-refractivity contribution in [2.24, 2.45) is 0 Å². The molecule has 0 unspecified atom stereocenters. The Morgan fingerprint density at radius 3 is 2.35 bits per heavy atom. The van der Waals surface area contributed by atoms with E-state index in [4.69, 9.17) is 0 Å². The summed E-state index contributed by atoms with van der Waals surface area (Å²) in [6.07, 6.45) is 0.440. The van der Waals surface area contributed by atoms with E-state index in [2.05, 4.69) is 0 Å². The van der Waals surface area contributed by atoms with Gasteiger partial charge in [0.15, 0.2) is 5.78 Å². The highest BCUT2D eigenvalue weighted by Gasteiger charge is 2.13. The van der Waals surface area contributed by atoms with Gasteiger partial charge in [-0.05, 0) is 54.8 Å². The monoisotopic (exact) mass is 313 g/mol. The van der Waals surface area contributed by atoms with Crippen molar-refractivity contribution < 1.29 is 14.0 Å². The van der Waals surface area contributed by atoms with Gasteiger partial charge in [0.2, 0.25) is 5.91 Å². The van der Waals surface area contributed by atoms with Crippen LogP contribution in [0.4, 0.5) is 10.1 Å². The van der Waals surface area contributed by atoms with E-state index in [1.54, 1.807) is 18.0 Å². The molecule has 2 rings (SSSR count). The third kappa shape index (κ3) is 3.47. The molecule has 2 aromatic carbocycles. The van der Waals surface area contributed by atoms with E-state index < -0.39 is 5.82 Å². The maximum Gasteiger partial charge on any atom is 0.226 e. The number of carbonyl (C=O) groups is 2. The van der Waals surface area contributed by atoms with Crippen LogP contribution in [0.3, 0.4) is 0 Å². The highest BCUT2D eigenvalue weighted by Crippen LogP contribution is 2.28. The lowest BCUT2D eigenvalue weighted by Crippen LogP contribution is -2.25. The Labute approximate surface area is 135 Å². The lowest BCUT2D eigenvalue weighted by Gasteiger charge is -2.18. The number of anilines is 1. The Morgan fingerprint density at radius 1 is 1.13 bits per heavy atom. The molecule has 0 aliphatic heterocycles. The molecule has 1 amide bonds. The van der Waals surface area contributed by atoms with Crippen LogP contribution in [0.25, 0.3) is 11.1 Å². The molecule has 0 radical (unpaired) electrons. The Balaban J connectivity index is 2.40. The molecule has 3 nitrogen and oxygen atoms in total. The van der Waals surface area contributed by atoms with E-state index in [9.17, 15) is 14.0 Å². The van der Waals surface area contributed by atoms with Crippen molar-refractivity contribution in [3.8, 4) is 11.1 Å². The molecule has 23 heavy (non-hydrogen) atoms. The van der Waals surface area contributed by atoms with Crippen molar-refractivity contribution >= 4 is 17.4 Å².